The summed E-state index contributed by atoms with van der Waals surface area (Å²) >= 11 is 0. The largest absolute Gasteiger partial charge is 0.456 e. The Kier molecular flexibility index (Phi) is 11.6. The van der Waals surface area contributed by atoms with Gasteiger partial charge in [-0.15, -0.1) is 0 Å². The van der Waals surface area contributed by atoms with Crippen LogP contribution in [0.3, 0.4) is 0 Å². The smallest absolute Gasteiger partial charge is 0.295 e. The van der Waals surface area contributed by atoms with Crippen LogP contribution in [0.4, 0.5) is 11.4 Å². The number of hydrogen-bond donors (Lipinski definition) is 2. The molecule has 4 aromatic rings. The SMILES string of the molecule is C=C(CCNS(=O)(=O)c1ccc(-c2c3ccc(=[N+](CC)CC)cc-3oc3cc(N(CC)CC)ccc23)c(S(=O)(=O)O)c1)N1Cc2ccccc2C#Cc2ccccc21. The number of nitrogens with zero attached hydrogens (tertiary/aromatic N) is 3. The van der Waals surface area contributed by atoms with Gasteiger partial charge >= 0.3 is 0 Å². The first-order chi connectivity index (χ1) is 27.9. The summed E-state index contributed by atoms with van der Waals surface area (Å²) in [6.07, 6.45) is 0.253. The van der Waals surface area contributed by atoms with Gasteiger partial charge in [-0.3, -0.25) is 4.55 Å². The predicted molar refractivity (Wildman–Crippen MR) is 232 cm³/mol. The zero-order valence-corrected chi connectivity index (χ0v) is 34.8. The molecule has 12 heteroatoms. The molecule has 10 nitrogen and oxygen atoms in total. The number of benzene rings is 5. The monoisotopic (exact) mass is 815 g/mol. The van der Waals surface area contributed by atoms with Crippen molar-refractivity contribution >= 4 is 42.5 Å². The van der Waals surface area contributed by atoms with Gasteiger partial charge in [0.15, 0.2) is 0 Å². The summed E-state index contributed by atoms with van der Waals surface area (Å²) in [6, 6.07) is 31.0. The van der Waals surface area contributed by atoms with Gasteiger partial charge in [0, 0.05) is 89.3 Å². The Morgan fingerprint density at radius 1 is 0.845 bits per heavy atom. The molecule has 0 radical (unpaired) electrons. The maximum atomic E-state index is 13.8. The van der Waals surface area contributed by atoms with E-state index in [2.05, 4.69) is 60.3 Å². The number of anilines is 2. The molecular weight excluding hydrogens is 769 g/mol. The lowest BCUT2D eigenvalue weighted by Gasteiger charge is -2.29. The highest BCUT2D eigenvalue weighted by Crippen LogP contribution is 2.43. The molecule has 2 N–H and O–H groups in total. The fourth-order valence-electron chi connectivity index (χ4n) is 7.63. The highest BCUT2D eigenvalue weighted by atomic mass is 32.2. The standard InChI is InChI=1S/C46H46N4O6S2/c1-6-48(7-2)36-20-23-39-43(28-36)56-44-29-37(49(8-3)9-4)21-24-40(44)46(39)41-25-22-38(30-45(41)58(53,54)55)57(51,52)47-27-26-32(5)50-31-35-16-11-10-14-33(35)18-19-34-15-12-13-17-42(34)50/h10-17,20-25,28-30,47H,5-9,26-27,31H2,1-4H3/p+1. The molecular formula is C46H47N4O6S2+. The number of nitrogens with one attached hydrogen (secondary N) is 1. The van der Waals surface area contributed by atoms with Crippen LogP contribution < -0.4 is 24.5 Å². The summed E-state index contributed by atoms with van der Waals surface area (Å²) in [5.74, 6) is 7.04. The second kappa shape index (κ2) is 16.6. The molecule has 2 aliphatic heterocycles. The maximum absolute atomic E-state index is 13.8. The lowest BCUT2D eigenvalue weighted by molar-refractivity contribution is 0.483. The third-order valence-electron chi connectivity index (χ3n) is 10.7. The van der Waals surface area contributed by atoms with Crippen molar-refractivity contribution in [2.24, 2.45) is 0 Å². The van der Waals surface area contributed by atoms with Gasteiger partial charge < -0.3 is 14.2 Å². The first kappa shape index (κ1) is 40.5. The minimum atomic E-state index is -4.94. The molecule has 7 rings (SSSR count). The van der Waals surface area contributed by atoms with E-state index in [0.29, 0.717) is 40.1 Å². The van der Waals surface area contributed by atoms with E-state index in [4.69, 9.17) is 4.42 Å². The zero-order valence-electron chi connectivity index (χ0n) is 33.1. The Morgan fingerprint density at radius 3 is 2.26 bits per heavy atom. The van der Waals surface area contributed by atoms with Gasteiger partial charge in [0.25, 0.3) is 10.1 Å². The summed E-state index contributed by atoms with van der Waals surface area (Å²) in [5.41, 5.74) is 7.00. The molecule has 0 atom stereocenters. The Balaban J connectivity index is 1.25. The summed E-state index contributed by atoms with van der Waals surface area (Å²) in [4.78, 5) is 3.37. The highest BCUT2D eigenvalue weighted by Gasteiger charge is 2.28. The number of sulfonamides is 1. The van der Waals surface area contributed by atoms with Crippen LogP contribution in [0.2, 0.25) is 0 Å². The first-order valence-electron chi connectivity index (χ1n) is 19.5. The van der Waals surface area contributed by atoms with Gasteiger partial charge in [0.2, 0.25) is 15.4 Å². The fraction of sp³-hybridized carbons (Fsp3) is 0.239. The molecule has 0 fully saturated rings. The van der Waals surface area contributed by atoms with Crippen LogP contribution in [0.5, 0.6) is 0 Å². The zero-order chi connectivity index (χ0) is 41.2. The van der Waals surface area contributed by atoms with Gasteiger partial charge in [0.1, 0.15) is 29.3 Å². The molecule has 0 amide bonds. The van der Waals surface area contributed by atoms with Crippen LogP contribution >= 0.6 is 0 Å². The molecule has 58 heavy (non-hydrogen) atoms. The minimum absolute atomic E-state index is 0.0185. The van der Waals surface area contributed by atoms with Gasteiger partial charge in [-0.05, 0) is 81.8 Å². The molecule has 0 unspecified atom stereocenters. The average Bonchev–Trinajstić information content (AvgIpc) is 3.21. The summed E-state index contributed by atoms with van der Waals surface area (Å²) in [6.45, 7) is 16.2. The predicted octanol–water partition coefficient (Wildman–Crippen LogP) is 7.71. The number of para-hydroxylation sites is 1. The van der Waals surface area contributed by atoms with E-state index in [0.717, 1.165) is 65.7 Å². The summed E-state index contributed by atoms with van der Waals surface area (Å²) < 4.78 is 76.2. The van der Waals surface area contributed by atoms with Crippen molar-refractivity contribution in [1.82, 2.24) is 9.30 Å². The second-order valence-corrected chi connectivity index (χ2v) is 17.2. The van der Waals surface area contributed by atoms with Crippen molar-refractivity contribution in [1.29, 1.82) is 0 Å². The van der Waals surface area contributed by atoms with Crippen molar-refractivity contribution in [3.63, 3.8) is 0 Å². The Morgan fingerprint density at radius 2 is 1.53 bits per heavy atom. The molecule has 4 aromatic carbocycles. The lowest BCUT2D eigenvalue weighted by Crippen LogP contribution is -2.29. The highest BCUT2D eigenvalue weighted by molar-refractivity contribution is 7.89. The third kappa shape index (κ3) is 8.04. The molecule has 0 saturated heterocycles. The minimum Gasteiger partial charge on any atom is -0.456 e. The van der Waals surface area contributed by atoms with E-state index >= 15 is 0 Å². The van der Waals surface area contributed by atoms with Crippen LogP contribution in [-0.4, -0.2) is 54.1 Å². The molecule has 0 spiro atoms. The quantitative estimate of drug-likeness (QED) is 0.0527. The topological polar surface area (TPSA) is 123 Å². The molecule has 3 aliphatic rings. The maximum Gasteiger partial charge on any atom is 0.295 e. The van der Waals surface area contributed by atoms with E-state index in [1.165, 1.54) is 12.1 Å². The van der Waals surface area contributed by atoms with Crippen molar-refractivity contribution in [2.75, 3.05) is 42.5 Å². The number of hydrogen-bond acceptors (Lipinski definition) is 7. The Labute approximate surface area is 340 Å². The normalized spacial score (nSPS) is 12.6. The van der Waals surface area contributed by atoms with Crippen LogP contribution in [0, 0.1) is 11.8 Å². The van der Waals surface area contributed by atoms with Gasteiger partial charge in [-0.2, -0.15) is 8.42 Å². The van der Waals surface area contributed by atoms with Gasteiger partial charge in [0.05, 0.1) is 16.6 Å². The van der Waals surface area contributed by atoms with Crippen LogP contribution in [0.15, 0.2) is 130 Å². The van der Waals surface area contributed by atoms with Crippen LogP contribution in [0.25, 0.3) is 33.4 Å². The van der Waals surface area contributed by atoms with Crippen molar-refractivity contribution < 1.29 is 25.8 Å². The molecule has 0 saturated carbocycles. The van der Waals surface area contributed by atoms with Gasteiger partial charge in [-0.1, -0.05) is 54.8 Å². The second-order valence-electron chi connectivity index (χ2n) is 14.0. The molecule has 0 aromatic heterocycles. The first-order valence-corrected chi connectivity index (χ1v) is 22.4. The molecule has 2 heterocycles. The van der Waals surface area contributed by atoms with E-state index in [-0.39, 0.29) is 23.4 Å². The molecule has 0 bridgehead atoms. The van der Waals surface area contributed by atoms with Crippen LogP contribution in [0.1, 0.15) is 50.8 Å². The van der Waals surface area contributed by atoms with Crippen LogP contribution in [-0.2, 0) is 26.7 Å². The average molecular weight is 816 g/mol. The van der Waals surface area contributed by atoms with E-state index in [1.54, 1.807) is 0 Å². The van der Waals surface area contributed by atoms with Crippen molar-refractivity contribution in [2.45, 2.75) is 50.5 Å². The van der Waals surface area contributed by atoms with Gasteiger partial charge in [-0.25, -0.2) is 17.7 Å². The van der Waals surface area contributed by atoms with E-state index < -0.39 is 25.0 Å². The third-order valence-corrected chi connectivity index (χ3v) is 13.1. The summed E-state index contributed by atoms with van der Waals surface area (Å²) in [5, 5.41) is 1.54. The summed E-state index contributed by atoms with van der Waals surface area (Å²) in [7, 11) is -9.19. The lowest BCUT2D eigenvalue weighted by atomic mass is 9.93. The number of fused-ring (bicyclic) bond motifs is 4. The van der Waals surface area contributed by atoms with E-state index in [9.17, 15) is 21.4 Å². The fourth-order valence-corrected chi connectivity index (χ4v) is 9.49. The molecule has 1 aliphatic carbocycles. The van der Waals surface area contributed by atoms with Crippen molar-refractivity contribution in [3.05, 3.63) is 137 Å². The van der Waals surface area contributed by atoms with Crippen molar-refractivity contribution in [3.8, 4) is 34.3 Å². The Hall–Kier alpha value is -5.71. The Bertz CT molecular complexity index is 2880. The number of rotatable bonds is 13. The molecule has 298 valence electrons. The van der Waals surface area contributed by atoms with E-state index in [1.807, 2.05) is 89.8 Å².